The number of aromatic nitrogens is 1. The maximum atomic E-state index is 11.6. The van der Waals surface area contributed by atoms with Crippen LogP contribution in [0.3, 0.4) is 0 Å². The number of rotatable bonds is 3. The minimum atomic E-state index is -0.902. The predicted octanol–water partition coefficient (Wildman–Crippen LogP) is 1.28. The van der Waals surface area contributed by atoms with E-state index in [0.717, 1.165) is 5.56 Å². The molecule has 0 atom stereocenters. The smallest absolute Gasteiger partial charge is 0.313 e. The third-order valence-electron chi connectivity index (χ3n) is 2.64. The van der Waals surface area contributed by atoms with Crippen molar-refractivity contribution in [2.75, 3.05) is 5.32 Å². The lowest BCUT2D eigenvalue weighted by molar-refractivity contribution is -0.136. The molecule has 3 N–H and O–H groups in total. The second-order valence-electron chi connectivity index (χ2n) is 4.19. The number of pyridine rings is 1. The van der Waals surface area contributed by atoms with Gasteiger partial charge in [0.2, 0.25) is 5.43 Å². The SMILES string of the molecule is O=C(NCc1ccc(Cl)cc1)C(=O)Nc1c[nH]ccc1=O. The molecule has 6 nitrogen and oxygen atoms in total. The van der Waals surface area contributed by atoms with Crippen LogP contribution in [0.5, 0.6) is 0 Å². The first-order valence-electron chi connectivity index (χ1n) is 6.07. The molecule has 2 rings (SSSR count). The van der Waals surface area contributed by atoms with E-state index in [1.165, 1.54) is 18.5 Å². The van der Waals surface area contributed by atoms with Crippen molar-refractivity contribution in [2.45, 2.75) is 6.54 Å². The van der Waals surface area contributed by atoms with Crippen LogP contribution < -0.4 is 16.1 Å². The van der Waals surface area contributed by atoms with Crippen LogP contribution in [0, 0.1) is 0 Å². The number of nitrogens with one attached hydrogen (secondary N) is 3. The van der Waals surface area contributed by atoms with Gasteiger partial charge in [0.25, 0.3) is 0 Å². The average Bonchev–Trinajstić information content (AvgIpc) is 2.48. The van der Waals surface area contributed by atoms with E-state index in [1.807, 2.05) is 0 Å². The minimum Gasteiger partial charge on any atom is -0.366 e. The molecule has 0 fully saturated rings. The van der Waals surface area contributed by atoms with Gasteiger partial charge in [0.15, 0.2) is 0 Å². The maximum Gasteiger partial charge on any atom is 0.313 e. The summed E-state index contributed by atoms with van der Waals surface area (Å²) in [5.41, 5.74) is 0.440. The third-order valence-corrected chi connectivity index (χ3v) is 2.90. The Labute approximate surface area is 125 Å². The molecule has 108 valence electrons. The van der Waals surface area contributed by atoms with Crippen molar-refractivity contribution in [1.82, 2.24) is 10.3 Å². The summed E-state index contributed by atoms with van der Waals surface area (Å²) >= 11 is 5.75. The van der Waals surface area contributed by atoms with Gasteiger partial charge in [-0.25, -0.2) is 0 Å². The number of carbonyl (C=O) groups is 2. The molecule has 21 heavy (non-hydrogen) atoms. The summed E-state index contributed by atoms with van der Waals surface area (Å²) in [5, 5.41) is 5.28. The molecule has 0 aliphatic rings. The lowest BCUT2D eigenvalue weighted by atomic mass is 10.2. The van der Waals surface area contributed by atoms with E-state index < -0.39 is 11.8 Å². The molecule has 1 heterocycles. The van der Waals surface area contributed by atoms with Gasteiger partial charge in [0.05, 0.1) is 0 Å². The summed E-state index contributed by atoms with van der Waals surface area (Å²) in [7, 11) is 0. The first kappa shape index (κ1) is 14.8. The Kier molecular flexibility index (Phi) is 4.73. The molecule has 7 heteroatoms. The van der Waals surface area contributed by atoms with E-state index in [2.05, 4.69) is 15.6 Å². The molecule has 2 aromatic rings. The molecule has 0 bridgehead atoms. The van der Waals surface area contributed by atoms with Crippen LogP contribution in [0.25, 0.3) is 0 Å². The Morgan fingerprint density at radius 1 is 1.10 bits per heavy atom. The molecule has 0 saturated heterocycles. The monoisotopic (exact) mass is 305 g/mol. The fraction of sp³-hybridized carbons (Fsp3) is 0.0714. The number of benzene rings is 1. The van der Waals surface area contributed by atoms with Crippen molar-refractivity contribution in [3.63, 3.8) is 0 Å². The lowest BCUT2D eigenvalue weighted by Gasteiger charge is -2.06. The van der Waals surface area contributed by atoms with Gasteiger partial charge in [-0.05, 0) is 17.7 Å². The van der Waals surface area contributed by atoms with E-state index in [4.69, 9.17) is 11.6 Å². The second kappa shape index (κ2) is 6.71. The highest BCUT2D eigenvalue weighted by atomic mass is 35.5. The largest absolute Gasteiger partial charge is 0.366 e. The zero-order valence-corrected chi connectivity index (χ0v) is 11.6. The number of amides is 2. The number of anilines is 1. The molecule has 2 amide bonds. The normalized spacial score (nSPS) is 9.95. The van der Waals surface area contributed by atoms with E-state index in [0.29, 0.717) is 5.02 Å². The van der Waals surface area contributed by atoms with Gasteiger partial charge < -0.3 is 15.6 Å². The van der Waals surface area contributed by atoms with Crippen LogP contribution in [-0.4, -0.2) is 16.8 Å². The molecule has 1 aromatic heterocycles. The standard InChI is InChI=1S/C14H12ClN3O3/c15-10-3-1-9(2-4-10)7-17-13(20)14(21)18-11-8-16-6-5-12(11)19/h1-6,8H,7H2,(H,16,19)(H,17,20)(H,18,21). The van der Waals surface area contributed by atoms with E-state index in [1.54, 1.807) is 24.3 Å². The number of halogens is 1. The maximum absolute atomic E-state index is 11.6. The second-order valence-corrected chi connectivity index (χ2v) is 4.62. The van der Waals surface area contributed by atoms with E-state index in [9.17, 15) is 14.4 Å². The van der Waals surface area contributed by atoms with E-state index >= 15 is 0 Å². The molecule has 0 aliphatic carbocycles. The Bertz CT molecular complexity index is 710. The molecule has 1 aromatic carbocycles. The summed E-state index contributed by atoms with van der Waals surface area (Å²) in [4.78, 5) is 37.3. The average molecular weight is 306 g/mol. The van der Waals surface area contributed by atoms with Crippen molar-refractivity contribution in [3.8, 4) is 0 Å². The van der Waals surface area contributed by atoms with Gasteiger partial charge in [-0.3, -0.25) is 14.4 Å². The van der Waals surface area contributed by atoms with Crippen LogP contribution in [0.1, 0.15) is 5.56 Å². The molecular formula is C14H12ClN3O3. The highest BCUT2D eigenvalue weighted by Gasteiger charge is 2.14. The fourth-order valence-electron chi connectivity index (χ4n) is 1.56. The summed E-state index contributed by atoms with van der Waals surface area (Å²) < 4.78 is 0. The molecule has 0 aliphatic heterocycles. The lowest BCUT2D eigenvalue weighted by Crippen LogP contribution is -2.36. The summed E-state index contributed by atoms with van der Waals surface area (Å²) in [6.45, 7) is 0.189. The van der Waals surface area contributed by atoms with Crippen LogP contribution in [0.15, 0.2) is 47.5 Å². The van der Waals surface area contributed by atoms with Gasteiger partial charge in [-0.1, -0.05) is 23.7 Å². The van der Waals surface area contributed by atoms with Crippen LogP contribution >= 0.6 is 11.6 Å². The van der Waals surface area contributed by atoms with E-state index in [-0.39, 0.29) is 17.7 Å². The molecular weight excluding hydrogens is 294 g/mol. The first-order chi connectivity index (χ1) is 10.1. The molecule has 0 spiro atoms. The Morgan fingerprint density at radius 2 is 1.81 bits per heavy atom. The zero-order chi connectivity index (χ0) is 15.2. The van der Waals surface area contributed by atoms with Crippen molar-refractivity contribution in [1.29, 1.82) is 0 Å². The molecule has 0 radical (unpaired) electrons. The number of carbonyl (C=O) groups excluding carboxylic acids is 2. The topological polar surface area (TPSA) is 91.1 Å². The third kappa shape index (κ3) is 4.19. The van der Waals surface area contributed by atoms with Crippen molar-refractivity contribution in [3.05, 3.63) is 63.5 Å². The summed E-state index contributed by atoms with van der Waals surface area (Å²) in [6, 6.07) is 8.10. The number of hydrogen-bond donors (Lipinski definition) is 3. The van der Waals surface area contributed by atoms with Crippen molar-refractivity contribution >= 4 is 29.1 Å². The van der Waals surface area contributed by atoms with Gasteiger partial charge in [0, 0.05) is 30.0 Å². The van der Waals surface area contributed by atoms with Crippen LogP contribution in [0.2, 0.25) is 5.02 Å². The van der Waals surface area contributed by atoms with Crippen LogP contribution in [-0.2, 0) is 16.1 Å². The highest BCUT2D eigenvalue weighted by molar-refractivity contribution is 6.39. The predicted molar refractivity (Wildman–Crippen MR) is 79.0 cm³/mol. The fourth-order valence-corrected chi connectivity index (χ4v) is 1.68. The molecule has 0 unspecified atom stereocenters. The van der Waals surface area contributed by atoms with Crippen LogP contribution in [0.4, 0.5) is 5.69 Å². The van der Waals surface area contributed by atoms with Crippen molar-refractivity contribution < 1.29 is 9.59 Å². The van der Waals surface area contributed by atoms with Gasteiger partial charge in [-0.15, -0.1) is 0 Å². The summed E-state index contributed by atoms with van der Waals surface area (Å²) in [5.74, 6) is -1.73. The van der Waals surface area contributed by atoms with Gasteiger partial charge >= 0.3 is 11.8 Å². The Morgan fingerprint density at radius 3 is 2.48 bits per heavy atom. The Balaban J connectivity index is 1.91. The number of hydrogen-bond acceptors (Lipinski definition) is 3. The van der Waals surface area contributed by atoms with Gasteiger partial charge in [-0.2, -0.15) is 0 Å². The number of aromatic amines is 1. The van der Waals surface area contributed by atoms with Gasteiger partial charge in [0.1, 0.15) is 5.69 Å². The Hall–Kier alpha value is -2.60. The quantitative estimate of drug-likeness (QED) is 0.746. The number of H-pyrrole nitrogens is 1. The first-order valence-corrected chi connectivity index (χ1v) is 6.45. The van der Waals surface area contributed by atoms with Crippen molar-refractivity contribution in [2.24, 2.45) is 0 Å². The minimum absolute atomic E-state index is 0.0177. The zero-order valence-electron chi connectivity index (χ0n) is 10.9. The highest BCUT2D eigenvalue weighted by Crippen LogP contribution is 2.09. The summed E-state index contributed by atoms with van der Waals surface area (Å²) in [6.07, 6.45) is 2.74. The molecule has 0 saturated carbocycles.